The van der Waals surface area contributed by atoms with Crippen LogP contribution in [-0.4, -0.2) is 30.5 Å². The molecule has 0 spiro atoms. The van der Waals surface area contributed by atoms with Crippen LogP contribution in [0.25, 0.3) is 11.0 Å². The van der Waals surface area contributed by atoms with Gasteiger partial charge in [-0.1, -0.05) is 0 Å². The number of nitrogens with one attached hydrogen (secondary N) is 1. The molecule has 16 heavy (non-hydrogen) atoms. The minimum Gasteiger partial charge on any atom is -0.407 e. The van der Waals surface area contributed by atoms with Gasteiger partial charge in [-0.3, -0.25) is 4.79 Å². The van der Waals surface area contributed by atoms with E-state index in [-0.39, 0.29) is 5.91 Å². The minimum atomic E-state index is -0.298. The van der Waals surface area contributed by atoms with Crippen LogP contribution in [0.5, 0.6) is 0 Å². The number of hydrogen-bond acceptors (Lipinski definition) is 2. The highest BCUT2D eigenvalue weighted by atomic mass is 16.1. The van der Waals surface area contributed by atoms with Gasteiger partial charge >= 0.3 is 0 Å². The van der Waals surface area contributed by atoms with Crippen molar-refractivity contribution in [2.24, 2.45) is 0 Å². The quantitative estimate of drug-likeness (QED) is 0.749. The van der Waals surface area contributed by atoms with Gasteiger partial charge in [-0.15, -0.1) is 0 Å². The lowest BCUT2D eigenvalue weighted by molar-refractivity contribution is 0.0976. The number of rotatable bonds is 3. The molecule has 0 atom stereocenters. The van der Waals surface area contributed by atoms with Crippen molar-refractivity contribution in [3.8, 4) is 0 Å². The molecule has 0 bridgehead atoms. The lowest BCUT2D eigenvalue weighted by atomic mass is 9.67. The normalized spacial score (nSPS) is 10.3. The average molecular weight is 210 g/mol. The largest absolute Gasteiger partial charge is 0.407 e. The predicted octanol–water partition coefficient (Wildman–Crippen LogP) is 0.489. The Hall–Kier alpha value is -1.71. The third kappa shape index (κ3) is 1.83. The van der Waals surface area contributed by atoms with Gasteiger partial charge < -0.3 is 9.79 Å². The zero-order valence-corrected chi connectivity index (χ0v) is 8.97. The Morgan fingerprint density at radius 1 is 1.56 bits per heavy atom. The molecule has 1 amide bonds. The summed E-state index contributed by atoms with van der Waals surface area (Å²) < 4.78 is 2.07. The highest BCUT2D eigenvalue weighted by Crippen LogP contribution is 2.14. The molecule has 2 aromatic heterocycles. The highest BCUT2D eigenvalue weighted by molar-refractivity contribution is 6.89. The molecule has 0 saturated carbocycles. The third-order valence-corrected chi connectivity index (χ3v) is 2.41. The van der Waals surface area contributed by atoms with Gasteiger partial charge in [-0.25, -0.2) is 4.98 Å². The molecule has 0 saturated heterocycles. The number of nitrogens with zero attached hydrogens (tertiary/aromatic N) is 2. The number of carbonyl (C=O) groups is 1. The van der Waals surface area contributed by atoms with Gasteiger partial charge in [0.15, 0.2) is 7.31 Å². The van der Waals surface area contributed by atoms with E-state index in [4.69, 9.17) is 7.74 Å². The third-order valence-electron chi connectivity index (χ3n) is 2.41. The van der Waals surface area contributed by atoms with E-state index in [1.807, 2.05) is 18.3 Å². The fourth-order valence-electron chi connectivity index (χ4n) is 1.63. The van der Waals surface area contributed by atoms with E-state index in [0.29, 0.717) is 5.69 Å². The highest BCUT2D eigenvalue weighted by Gasteiger charge is 2.08. The van der Waals surface area contributed by atoms with E-state index in [0.717, 1.165) is 24.9 Å². The number of aromatic nitrogens is 2. The first-order valence-electron chi connectivity index (χ1n) is 5.06. The molecule has 77 valence electrons. The summed E-state index contributed by atoms with van der Waals surface area (Å²) in [4.78, 5) is 15.7. The van der Waals surface area contributed by atoms with Crippen molar-refractivity contribution < 1.29 is 4.79 Å². The number of pyridine rings is 1. The van der Waals surface area contributed by atoms with Crippen molar-refractivity contribution >= 4 is 32.0 Å². The molecule has 0 unspecified atom stereocenters. The summed E-state index contributed by atoms with van der Waals surface area (Å²) >= 11 is 0. The smallest absolute Gasteiger partial charge is 0.257 e. The Kier molecular flexibility index (Phi) is 2.99. The zero-order valence-electron chi connectivity index (χ0n) is 8.97. The lowest BCUT2D eigenvalue weighted by Crippen LogP contribution is -2.28. The lowest BCUT2D eigenvalue weighted by Gasteiger charge is -2.03. The van der Waals surface area contributed by atoms with Gasteiger partial charge in [0.05, 0.1) is 11.0 Å². The summed E-state index contributed by atoms with van der Waals surface area (Å²) in [6, 6.07) is 5.46. The van der Waals surface area contributed by atoms with E-state index < -0.39 is 0 Å². The molecule has 0 aliphatic rings. The molecule has 3 radical (unpaired) electrons. The number of aryl methyl sites for hydroxylation is 1. The Morgan fingerprint density at radius 3 is 3.06 bits per heavy atom. The molecule has 6 heteroatoms. The molecule has 0 aliphatic heterocycles. The van der Waals surface area contributed by atoms with E-state index in [1.54, 1.807) is 6.07 Å². The average Bonchev–Trinajstić information content (AvgIpc) is 2.71. The SMILES string of the molecule is [B][B]NC(=O)c1ccc2c(ccn2CC)n1. The second kappa shape index (κ2) is 4.43. The first kappa shape index (κ1) is 10.8. The van der Waals surface area contributed by atoms with E-state index in [2.05, 4.69) is 21.7 Å². The van der Waals surface area contributed by atoms with Crippen molar-refractivity contribution in [2.45, 2.75) is 13.5 Å². The van der Waals surface area contributed by atoms with E-state index in [1.165, 1.54) is 0 Å². The topological polar surface area (TPSA) is 46.9 Å². The van der Waals surface area contributed by atoms with Gasteiger partial charge in [0.2, 0.25) is 0 Å². The Labute approximate surface area is 95.7 Å². The van der Waals surface area contributed by atoms with Crippen LogP contribution >= 0.6 is 0 Å². The predicted molar refractivity (Wildman–Crippen MR) is 64.4 cm³/mol. The van der Waals surface area contributed by atoms with Crippen molar-refractivity contribution in [1.82, 2.24) is 14.8 Å². The molecular formula is C10H10B2N3O. The number of hydrogen-bond donors (Lipinski definition) is 1. The van der Waals surface area contributed by atoms with Crippen LogP contribution in [0, 0.1) is 0 Å². The maximum atomic E-state index is 11.5. The monoisotopic (exact) mass is 210 g/mol. The van der Waals surface area contributed by atoms with Gasteiger partial charge in [0, 0.05) is 20.5 Å². The van der Waals surface area contributed by atoms with Crippen LogP contribution in [0.2, 0.25) is 0 Å². The Morgan fingerprint density at radius 2 is 2.38 bits per heavy atom. The first-order chi connectivity index (χ1) is 7.76. The Bertz CT molecular complexity index is 524. The fourth-order valence-corrected chi connectivity index (χ4v) is 1.63. The van der Waals surface area contributed by atoms with Crippen LogP contribution in [0.1, 0.15) is 17.4 Å². The van der Waals surface area contributed by atoms with Gasteiger partial charge in [0.1, 0.15) is 5.69 Å². The van der Waals surface area contributed by atoms with Crippen molar-refractivity contribution in [3.05, 3.63) is 30.1 Å². The maximum Gasteiger partial charge on any atom is 0.257 e. The molecule has 0 fully saturated rings. The molecule has 2 rings (SSSR count). The van der Waals surface area contributed by atoms with Gasteiger partial charge in [-0.2, -0.15) is 0 Å². The summed E-state index contributed by atoms with van der Waals surface area (Å²) in [5, 5.41) is 2.39. The molecular weight excluding hydrogens is 200 g/mol. The van der Waals surface area contributed by atoms with Crippen LogP contribution < -0.4 is 5.23 Å². The molecule has 0 aliphatic carbocycles. The number of fused-ring (bicyclic) bond motifs is 1. The van der Waals surface area contributed by atoms with Crippen LogP contribution in [0.3, 0.4) is 0 Å². The van der Waals surface area contributed by atoms with E-state index in [9.17, 15) is 4.79 Å². The summed E-state index contributed by atoms with van der Waals surface area (Å²) in [6.07, 6.45) is 1.95. The molecule has 0 aromatic carbocycles. The first-order valence-corrected chi connectivity index (χ1v) is 5.06. The number of carbonyl (C=O) groups excluding carboxylic acids is 1. The molecule has 2 aromatic rings. The zero-order chi connectivity index (χ0) is 11.5. The Balaban J connectivity index is 2.41. The standard InChI is InChI=1S/C10H10B2N3O/c1-2-15-6-5-7-9(15)4-3-8(13-7)10(16)14-12-11/h3-6H,2H2,1H3,(H,14,16). The fraction of sp³-hybridized carbons (Fsp3) is 0.200. The van der Waals surface area contributed by atoms with E-state index >= 15 is 0 Å². The second-order valence-electron chi connectivity index (χ2n) is 3.34. The number of amides is 1. The summed E-state index contributed by atoms with van der Waals surface area (Å²) in [5.74, 6) is -0.298. The minimum absolute atomic E-state index is 0.298. The van der Waals surface area contributed by atoms with Crippen LogP contribution in [-0.2, 0) is 6.54 Å². The molecule has 4 nitrogen and oxygen atoms in total. The van der Waals surface area contributed by atoms with Crippen LogP contribution in [0.15, 0.2) is 24.4 Å². The molecule has 2 heterocycles. The maximum absolute atomic E-state index is 11.5. The summed E-state index contributed by atoms with van der Waals surface area (Å²) in [7, 11) is 6.22. The van der Waals surface area contributed by atoms with Gasteiger partial charge in [-0.05, 0) is 25.1 Å². The molecule has 1 N–H and O–H groups in total. The van der Waals surface area contributed by atoms with Crippen molar-refractivity contribution in [1.29, 1.82) is 0 Å². The summed E-state index contributed by atoms with van der Waals surface area (Å²) in [5.41, 5.74) is 2.20. The van der Waals surface area contributed by atoms with Crippen LogP contribution in [0.4, 0.5) is 0 Å². The van der Waals surface area contributed by atoms with Crippen molar-refractivity contribution in [2.75, 3.05) is 0 Å². The second-order valence-corrected chi connectivity index (χ2v) is 3.34. The van der Waals surface area contributed by atoms with Crippen molar-refractivity contribution in [3.63, 3.8) is 0 Å². The summed E-state index contributed by atoms with van der Waals surface area (Å²) in [6.45, 7) is 2.94. The van der Waals surface area contributed by atoms with Gasteiger partial charge in [0.25, 0.3) is 5.91 Å².